The van der Waals surface area contributed by atoms with Gasteiger partial charge in [-0.3, -0.25) is 9.69 Å². The van der Waals surface area contributed by atoms with Gasteiger partial charge in [0.2, 0.25) is 0 Å². The van der Waals surface area contributed by atoms with Crippen LogP contribution in [0.4, 0.5) is 0 Å². The predicted molar refractivity (Wildman–Crippen MR) is 60.7 cm³/mol. The maximum absolute atomic E-state index is 11.7. The molecule has 3 heteroatoms. The van der Waals surface area contributed by atoms with Crippen LogP contribution in [0.3, 0.4) is 0 Å². The Morgan fingerprint density at radius 2 is 2.07 bits per heavy atom. The summed E-state index contributed by atoms with van der Waals surface area (Å²) in [6.07, 6.45) is 2.84. The molecular formula is C12H21NO2. The van der Waals surface area contributed by atoms with E-state index in [9.17, 15) is 4.79 Å². The monoisotopic (exact) mass is 211 g/mol. The van der Waals surface area contributed by atoms with E-state index >= 15 is 0 Å². The average molecular weight is 211 g/mol. The molecule has 1 aliphatic heterocycles. The molecular weight excluding hydrogens is 190 g/mol. The van der Waals surface area contributed by atoms with Crippen LogP contribution in [0.2, 0.25) is 0 Å². The highest BCUT2D eigenvalue weighted by atomic mass is 16.5. The molecule has 0 N–H and O–H groups in total. The smallest absolute Gasteiger partial charge is 0.323 e. The molecule has 0 amide bonds. The summed E-state index contributed by atoms with van der Waals surface area (Å²) in [5.41, 5.74) is 1.30. The Kier molecular flexibility index (Phi) is 4.82. The first-order valence-electron chi connectivity index (χ1n) is 5.76. The minimum absolute atomic E-state index is 0.0574. The molecule has 0 aromatic rings. The summed E-state index contributed by atoms with van der Waals surface area (Å²) in [5, 5.41) is 0. The van der Waals surface area contributed by atoms with E-state index in [1.54, 1.807) is 0 Å². The third-order valence-corrected chi connectivity index (χ3v) is 2.89. The van der Waals surface area contributed by atoms with Crippen molar-refractivity contribution < 1.29 is 9.53 Å². The zero-order valence-corrected chi connectivity index (χ0v) is 9.79. The molecule has 86 valence electrons. The lowest BCUT2D eigenvalue weighted by Crippen LogP contribution is -2.44. The number of nitrogens with zero attached hydrogens (tertiary/aromatic N) is 1. The Bertz CT molecular complexity index is 228. The molecule has 0 bridgehead atoms. The van der Waals surface area contributed by atoms with E-state index in [1.165, 1.54) is 5.57 Å². The minimum atomic E-state index is -0.0764. The van der Waals surface area contributed by atoms with E-state index in [1.807, 2.05) is 13.8 Å². The number of likely N-dealkylation sites (tertiary alicyclic amines) is 1. The van der Waals surface area contributed by atoms with Crippen LogP contribution in [0.25, 0.3) is 0 Å². The minimum Gasteiger partial charge on any atom is -0.465 e. The molecule has 1 fully saturated rings. The van der Waals surface area contributed by atoms with Gasteiger partial charge in [0.05, 0.1) is 6.61 Å². The number of piperidine rings is 1. The van der Waals surface area contributed by atoms with Crippen molar-refractivity contribution in [2.24, 2.45) is 0 Å². The molecule has 0 aliphatic carbocycles. The fourth-order valence-electron chi connectivity index (χ4n) is 1.96. The van der Waals surface area contributed by atoms with Crippen molar-refractivity contribution in [3.63, 3.8) is 0 Å². The van der Waals surface area contributed by atoms with Gasteiger partial charge in [0.1, 0.15) is 6.04 Å². The van der Waals surface area contributed by atoms with Crippen LogP contribution < -0.4 is 0 Å². The largest absolute Gasteiger partial charge is 0.465 e. The highest BCUT2D eigenvalue weighted by Crippen LogP contribution is 2.18. The summed E-state index contributed by atoms with van der Waals surface area (Å²) >= 11 is 0. The number of ether oxygens (including phenoxy) is 1. The third-order valence-electron chi connectivity index (χ3n) is 2.89. The average Bonchev–Trinajstić information content (AvgIpc) is 2.22. The Hall–Kier alpha value is -0.830. The van der Waals surface area contributed by atoms with Crippen LogP contribution in [0.15, 0.2) is 12.2 Å². The van der Waals surface area contributed by atoms with Gasteiger partial charge in [-0.25, -0.2) is 0 Å². The highest BCUT2D eigenvalue weighted by molar-refractivity contribution is 5.75. The van der Waals surface area contributed by atoms with Crippen LogP contribution in [0.5, 0.6) is 0 Å². The molecule has 0 aromatic carbocycles. The molecule has 1 aliphatic rings. The van der Waals surface area contributed by atoms with E-state index in [-0.39, 0.29) is 12.0 Å². The number of hydrogen-bond acceptors (Lipinski definition) is 3. The van der Waals surface area contributed by atoms with E-state index < -0.39 is 0 Å². The number of hydrogen-bond donors (Lipinski definition) is 0. The van der Waals surface area contributed by atoms with Gasteiger partial charge in [-0.15, -0.1) is 0 Å². The summed E-state index contributed by atoms with van der Waals surface area (Å²) in [6, 6.07) is -0.0574. The van der Waals surface area contributed by atoms with Crippen molar-refractivity contribution in [1.29, 1.82) is 0 Å². The Morgan fingerprint density at radius 1 is 1.47 bits per heavy atom. The molecule has 1 unspecified atom stereocenters. The van der Waals surface area contributed by atoms with Crippen molar-refractivity contribution in [3.05, 3.63) is 12.2 Å². The van der Waals surface area contributed by atoms with E-state index in [2.05, 4.69) is 11.5 Å². The molecule has 0 aromatic heterocycles. The predicted octanol–water partition coefficient (Wildman–Crippen LogP) is 1.98. The normalized spacial score (nSPS) is 20.0. The van der Waals surface area contributed by atoms with Crippen LogP contribution in [0, 0.1) is 0 Å². The highest BCUT2D eigenvalue weighted by Gasteiger charge is 2.27. The molecule has 0 spiro atoms. The van der Waals surface area contributed by atoms with E-state index in [0.29, 0.717) is 6.61 Å². The molecule has 1 atom stereocenters. The summed E-state index contributed by atoms with van der Waals surface area (Å²) in [4.78, 5) is 13.9. The van der Waals surface area contributed by atoms with Crippen molar-refractivity contribution in [1.82, 2.24) is 4.90 Å². The second-order valence-corrected chi connectivity index (χ2v) is 3.96. The number of carbonyl (C=O) groups excluding carboxylic acids is 1. The Balaban J connectivity index is 2.50. The fourth-order valence-corrected chi connectivity index (χ4v) is 1.96. The Morgan fingerprint density at radius 3 is 2.53 bits per heavy atom. The first-order valence-corrected chi connectivity index (χ1v) is 5.76. The van der Waals surface area contributed by atoms with Gasteiger partial charge in [-0.05, 0) is 26.2 Å². The van der Waals surface area contributed by atoms with Crippen molar-refractivity contribution >= 4 is 5.97 Å². The van der Waals surface area contributed by atoms with Gasteiger partial charge < -0.3 is 4.74 Å². The summed E-state index contributed by atoms with van der Waals surface area (Å²) < 4.78 is 5.07. The van der Waals surface area contributed by atoms with Gasteiger partial charge in [-0.2, -0.15) is 0 Å². The van der Waals surface area contributed by atoms with Crippen molar-refractivity contribution in [2.75, 3.05) is 19.7 Å². The molecule has 3 nitrogen and oxygen atoms in total. The zero-order chi connectivity index (χ0) is 11.3. The van der Waals surface area contributed by atoms with Crippen molar-refractivity contribution in [3.8, 4) is 0 Å². The molecule has 1 saturated heterocycles. The number of carbonyl (C=O) groups is 1. The topological polar surface area (TPSA) is 29.5 Å². The third kappa shape index (κ3) is 3.34. The molecule has 0 radical (unpaired) electrons. The first-order chi connectivity index (χ1) is 7.19. The standard InChI is InChI=1S/C12H21NO2/c1-4-11(12(14)15-5-2)13-8-6-10(3)7-9-13/h11H,3-9H2,1-2H3. The Labute approximate surface area is 92.1 Å². The summed E-state index contributed by atoms with van der Waals surface area (Å²) in [5.74, 6) is -0.0764. The molecule has 0 saturated carbocycles. The van der Waals surface area contributed by atoms with Gasteiger partial charge >= 0.3 is 5.97 Å². The second-order valence-electron chi connectivity index (χ2n) is 3.96. The lowest BCUT2D eigenvalue weighted by atomic mass is 10.0. The van der Waals surface area contributed by atoms with Gasteiger partial charge in [0, 0.05) is 13.1 Å². The molecule has 1 rings (SSSR count). The van der Waals surface area contributed by atoms with Crippen LogP contribution in [-0.2, 0) is 9.53 Å². The lowest BCUT2D eigenvalue weighted by molar-refractivity contribution is -0.149. The van der Waals surface area contributed by atoms with Crippen LogP contribution in [-0.4, -0.2) is 36.6 Å². The van der Waals surface area contributed by atoms with E-state index in [0.717, 1.165) is 32.4 Å². The number of esters is 1. The maximum atomic E-state index is 11.7. The molecule has 1 heterocycles. The molecule has 15 heavy (non-hydrogen) atoms. The fraction of sp³-hybridized carbons (Fsp3) is 0.750. The maximum Gasteiger partial charge on any atom is 0.323 e. The van der Waals surface area contributed by atoms with Gasteiger partial charge in [0.25, 0.3) is 0 Å². The summed E-state index contributed by atoms with van der Waals surface area (Å²) in [7, 11) is 0. The van der Waals surface area contributed by atoms with Crippen molar-refractivity contribution in [2.45, 2.75) is 39.2 Å². The number of rotatable bonds is 4. The van der Waals surface area contributed by atoms with Gasteiger partial charge in [0.15, 0.2) is 0 Å². The van der Waals surface area contributed by atoms with Gasteiger partial charge in [-0.1, -0.05) is 19.1 Å². The van der Waals surface area contributed by atoms with Crippen LogP contribution in [0.1, 0.15) is 33.1 Å². The first kappa shape index (κ1) is 12.2. The zero-order valence-electron chi connectivity index (χ0n) is 9.79. The quantitative estimate of drug-likeness (QED) is 0.526. The SMILES string of the molecule is C=C1CCN(C(CC)C(=O)OCC)CC1. The second kappa shape index (κ2) is 5.91. The van der Waals surface area contributed by atoms with Crippen LogP contribution >= 0.6 is 0 Å². The summed E-state index contributed by atoms with van der Waals surface area (Å²) in [6.45, 7) is 10.2. The lowest BCUT2D eigenvalue weighted by Gasteiger charge is -2.33. The van der Waals surface area contributed by atoms with E-state index in [4.69, 9.17) is 4.74 Å².